The summed E-state index contributed by atoms with van der Waals surface area (Å²) in [5, 5.41) is 0. The number of anilines is 1. The molecule has 1 aliphatic heterocycles. The minimum Gasteiger partial charge on any atom is -0.313 e. The monoisotopic (exact) mass is 413 g/mol. The van der Waals surface area contributed by atoms with E-state index in [-0.39, 0.29) is 5.41 Å². The summed E-state index contributed by atoms with van der Waals surface area (Å²) in [5.74, 6) is 0. The number of aryl methyl sites for hydroxylation is 1. The van der Waals surface area contributed by atoms with Gasteiger partial charge in [0.25, 0.3) is 0 Å². The number of nitrogens with zero attached hydrogens (tertiary/aromatic N) is 3. The number of hydrogen-bond donors (Lipinski definition) is 0. The van der Waals surface area contributed by atoms with Crippen LogP contribution in [0.5, 0.6) is 0 Å². The maximum Gasteiger partial charge on any atom is 0.214 e. The lowest BCUT2D eigenvalue weighted by Crippen LogP contribution is -2.44. The summed E-state index contributed by atoms with van der Waals surface area (Å²) >= 11 is 0. The Kier molecular flexibility index (Phi) is 6.78. The van der Waals surface area contributed by atoms with Gasteiger partial charge in [-0.15, -0.1) is 0 Å². The summed E-state index contributed by atoms with van der Waals surface area (Å²) in [5.41, 5.74) is 4.71. The van der Waals surface area contributed by atoms with E-state index in [1.807, 2.05) is 19.1 Å². The summed E-state index contributed by atoms with van der Waals surface area (Å²) < 4.78 is 0. The Labute approximate surface area is 185 Å². The van der Waals surface area contributed by atoms with Crippen LogP contribution >= 0.6 is 0 Å². The third-order valence-electron chi connectivity index (χ3n) is 6.65. The van der Waals surface area contributed by atoms with Crippen LogP contribution in [0.2, 0.25) is 0 Å². The lowest BCUT2D eigenvalue weighted by atomic mass is 9.68. The van der Waals surface area contributed by atoms with Gasteiger partial charge in [-0.05, 0) is 69.1 Å². The molecule has 1 aliphatic rings. The second-order valence-electron chi connectivity index (χ2n) is 8.42. The Bertz CT molecular complexity index is 925. The molecule has 0 atom stereocenters. The van der Waals surface area contributed by atoms with Crippen LogP contribution in [0.4, 0.5) is 5.69 Å². The molecule has 4 rings (SSSR count). The number of piperidine rings is 1. The Balaban J connectivity index is 1.39. The molecule has 31 heavy (non-hydrogen) atoms. The number of likely N-dealkylation sites (tertiary alicyclic amines) is 1. The average Bonchev–Trinajstić information content (AvgIpc) is 2.84. The molecule has 0 N–H and O–H groups in total. The Hall–Kier alpha value is -2.98. The van der Waals surface area contributed by atoms with Crippen molar-refractivity contribution in [3.63, 3.8) is 0 Å². The second-order valence-corrected chi connectivity index (χ2v) is 8.42. The van der Waals surface area contributed by atoms with Crippen molar-refractivity contribution in [2.45, 2.75) is 31.6 Å². The first-order chi connectivity index (χ1) is 15.2. The molecule has 0 spiro atoms. The highest BCUT2D eigenvalue weighted by atomic mass is 16.1. The van der Waals surface area contributed by atoms with Gasteiger partial charge < -0.3 is 9.80 Å². The molecule has 4 nitrogen and oxygen atoms in total. The van der Waals surface area contributed by atoms with Gasteiger partial charge in [-0.1, -0.05) is 60.7 Å². The number of amides is 1. The molecule has 0 bridgehead atoms. The summed E-state index contributed by atoms with van der Waals surface area (Å²) in [6.45, 7) is 5.80. The molecule has 1 amide bonds. The Morgan fingerprint density at radius 3 is 2.10 bits per heavy atom. The van der Waals surface area contributed by atoms with E-state index in [0.717, 1.165) is 63.2 Å². The molecule has 2 heterocycles. The van der Waals surface area contributed by atoms with Crippen molar-refractivity contribution in [3.05, 3.63) is 95.8 Å². The van der Waals surface area contributed by atoms with Gasteiger partial charge in [-0.25, -0.2) is 0 Å². The van der Waals surface area contributed by atoms with Gasteiger partial charge in [0.1, 0.15) is 0 Å². The van der Waals surface area contributed by atoms with Crippen molar-refractivity contribution < 1.29 is 4.79 Å². The molecule has 0 aliphatic carbocycles. The van der Waals surface area contributed by atoms with Gasteiger partial charge in [0.05, 0.1) is 11.4 Å². The highest BCUT2D eigenvalue weighted by molar-refractivity contribution is 5.76. The Morgan fingerprint density at radius 1 is 0.935 bits per heavy atom. The van der Waals surface area contributed by atoms with Crippen molar-refractivity contribution >= 4 is 12.1 Å². The van der Waals surface area contributed by atoms with Crippen molar-refractivity contribution in [1.29, 1.82) is 0 Å². The van der Waals surface area contributed by atoms with Crippen LogP contribution in [0.3, 0.4) is 0 Å². The maximum atomic E-state index is 11.6. The first kappa shape index (κ1) is 21.3. The fourth-order valence-electron chi connectivity index (χ4n) is 4.89. The molecule has 3 aromatic rings. The smallest absolute Gasteiger partial charge is 0.214 e. The van der Waals surface area contributed by atoms with Crippen LogP contribution in [-0.2, 0) is 10.2 Å². The third-order valence-corrected chi connectivity index (χ3v) is 6.65. The minimum absolute atomic E-state index is 0.0840. The van der Waals surface area contributed by atoms with Gasteiger partial charge in [0.15, 0.2) is 0 Å². The fraction of sp³-hybridized carbons (Fsp3) is 0.333. The van der Waals surface area contributed by atoms with Gasteiger partial charge in [-0.3, -0.25) is 9.78 Å². The van der Waals surface area contributed by atoms with Crippen LogP contribution in [0.1, 0.15) is 36.1 Å². The molecule has 0 saturated carbocycles. The van der Waals surface area contributed by atoms with Crippen LogP contribution in [0, 0.1) is 6.92 Å². The molecule has 1 fully saturated rings. The van der Waals surface area contributed by atoms with E-state index in [1.165, 1.54) is 11.1 Å². The van der Waals surface area contributed by atoms with Gasteiger partial charge in [0, 0.05) is 18.2 Å². The fourth-order valence-corrected chi connectivity index (χ4v) is 4.89. The standard InChI is InChI=1S/C27H31N3O/c1-23-26(14-8-17-28-23)30(22-31)19-9-18-29-20-15-27(16-21-29,24-10-4-2-5-11-24)25-12-6-3-7-13-25/h2-8,10-14,17,22H,9,15-16,18-21H2,1H3. The van der Waals surface area contributed by atoms with Crippen molar-refractivity contribution in [1.82, 2.24) is 9.88 Å². The number of benzene rings is 2. The summed E-state index contributed by atoms with van der Waals surface area (Å²) in [6, 6.07) is 25.8. The number of pyridine rings is 1. The predicted octanol–water partition coefficient (Wildman–Crippen LogP) is 4.83. The molecule has 1 saturated heterocycles. The van der Waals surface area contributed by atoms with E-state index in [2.05, 4.69) is 70.5 Å². The quantitative estimate of drug-likeness (QED) is 0.497. The molecule has 2 aromatic carbocycles. The Morgan fingerprint density at radius 2 is 1.55 bits per heavy atom. The molecule has 160 valence electrons. The molecule has 0 unspecified atom stereocenters. The summed E-state index contributed by atoms with van der Waals surface area (Å²) in [6.07, 6.45) is 5.87. The first-order valence-corrected chi connectivity index (χ1v) is 11.2. The normalized spacial score (nSPS) is 16.0. The number of aromatic nitrogens is 1. The van der Waals surface area contributed by atoms with E-state index in [4.69, 9.17) is 0 Å². The lowest BCUT2D eigenvalue weighted by molar-refractivity contribution is -0.107. The van der Waals surface area contributed by atoms with E-state index in [9.17, 15) is 4.79 Å². The van der Waals surface area contributed by atoms with Crippen LogP contribution in [0.25, 0.3) is 0 Å². The zero-order valence-electron chi connectivity index (χ0n) is 18.3. The highest BCUT2D eigenvalue weighted by Gasteiger charge is 2.37. The number of carbonyl (C=O) groups is 1. The number of rotatable bonds is 8. The van der Waals surface area contributed by atoms with Crippen LogP contribution in [-0.4, -0.2) is 42.5 Å². The molecule has 4 heteroatoms. The maximum absolute atomic E-state index is 11.6. The second kappa shape index (κ2) is 9.88. The minimum atomic E-state index is 0.0840. The van der Waals surface area contributed by atoms with Gasteiger partial charge >= 0.3 is 0 Å². The van der Waals surface area contributed by atoms with Gasteiger partial charge in [0.2, 0.25) is 6.41 Å². The number of hydrogen-bond acceptors (Lipinski definition) is 3. The highest BCUT2D eigenvalue weighted by Crippen LogP contribution is 2.41. The third kappa shape index (κ3) is 4.70. The summed E-state index contributed by atoms with van der Waals surface area (Å²) in [7, 11) is 0. The molecular weight excluding hydrogens is 382 g/mol. The molecule has 0 radical (unpaired) electrons. The predicted molar refractivity (Wildman–Crippen MR) is 126 cm³/mol. The first-order valence-electron chi connectivity index (χ1n) is 11.2. The van der Waals surface area contributed by atoms with E-state index in [1.54, 1.807) is 11.1 Å². The van der Waals surface area contributed by atoms with E-state index in [0.29, 0.717) is 0 Å². The summed E-state index contributed by atoms with van der Waals surface area (Å²) in [4.78, 5) is 20.3. The van der Waals surface area contributed by atoms with Gasteiger partial charge in [-0.2, -0.15) is 0 Å². The van der Waals surface area contributed by atoms with Crippen molar-refractivity contribution in [2.24, 2.45) is 0 Å². The van der Waals surface area contributed by atoms with Crippen molar-refractivity contribution in [3.8, 4) is 0 Å². The SMILES string of the molecule is Cc1ncccc1N(C=O)CCCN1CCC(c2ccccc2)(c2ccccc2)CC1. The lowest BCUT2D eigenvalue weighted by Gasteiger charge is -2.43. The molecular formula is C27H31N3O. The van der Waals surface area contributed by atoms with Crippen molar-refractivity contribution in [2.75, 3.05) is 31.1 Å². The average molecular weight is 414 g/mol. The van der Waals surface area contributed by atoms with Crippen LogP contribution in [0.15, 0.2) is 79.0 Å². The van der Waals surface area contributed by atoms with Crippen LogP contribution < -0.4 is 4.90 Å². The zero-order valence-corrected chi connectivity index (χ0v) is 18.3. The van der Waals surface area contributed by atoms with E-state index < -0.39 is 0 Å². The zero-order chi connectivity index (χ0) is 21.5. The topological polar surface area (TPSA) is 36.4 Å². The van der Waals surface area contributed by atoms with E-state index >= 15 is 0 Å². The largest absolute Gasteiger partial charge is 0.313 e. The molecule has 1 aromatic heterocycles. The number of carbonyl (C=O) groups excluding carboxylic acids is 1.